The predicted molar refractivity (Wildman–Crippen MR) is 156 cm³/mol. The van der Waals surface area contributed by atoms with E-state index in [-0.39, 0.29) is 29.4 Å². The van der Waals surface area contributed by atoms with E-state index < -0.39 is 0 Å². The largest absolute Gasteiger partial charge is 0.348 e. The van der Waals surface area contributed by atoms with E-state index in [1.807, 2.05) is 18.7 Å². The second kappa shape index (κ2) is 9.87. The summed E-state index contributed by atoms with van der Waals surface area (Å²) in [6.45, 7) is 16.4. The molecule has 2 aromatic rings. The number of carbonyl (C=O) groups is 2. The van der Waals surface area contributed by atoms with Crippen LogP contribution in [-0.2, 0) is 11.3 Å². The third-order valence-corrected chi connectivity index (χ3v) is 9.25. The maximum absolute atomic E-state index is 12.4. The van der Waals surface area contributed by atoms with E-state index in [9.17, 15) is 9.59 Å². The van der Waals surface area contributed by atoms with E-state index in [2.05, 4.69) is 65.2 Å². The second-order valence-electron chi connectivity index (χ2n) is 13.0. The smallest absolute Gasteiger partial charge is 0.323 e. The fraction of sp³-hybridized carbons (Fsp3) is 0.548. The van der Waals surface area contributed by atoms with E-state index in [1.54, 1.807) is 11.1 Å². The van der Waals surface area contributed by atoms with Crippen LogP contribution in [0.3, 0.4) is 0 Å². The Bertz CT molecular complexity index is 1310. The van der Waals surface area contributed by atoms with Crippen LogP contribution in [0.2, 0.25) is 0 Å². The molecule has 2 N–H and O–H groups in total. The number of benzene rings is 1. The number of aromatic nitrogens is 2. The quantitative estimate of drug-likeness (QED) is 0.448. The van der Waals surface area contributed by atoms with Crippen LogP contribution in [0.4, 0.5) is 16.6 Å². The van der Waals surface area contributed by atoms with Gasteiger partial charge in [-0.05, 0) is 62.7 Å². The zero-order chi connectivity index (χ0) is 28.2. The monoisotopic (exact) mass is 543 g/mol. The molecule has 1 unspecified atom stereocenters. The summed E-state index contributed by atoms with van der Waals surface area (Å²) in [6.07, 6.45) is 7.01. The standard InChI is InChI=1S/C31H41N7O2/c1-6-26(39)37-18-31(19-37)16-36(17-31)25(13-30(5)11-12-30)23-9-7-22(8-10-23)21(4)34-28-32-14-24-15-33-29(40)38(20(2)3)27(24)35-28/h6-10,14,20-21,25H,1,11-13,15-19H2,2-5H3,(H,33,40)(H,32,34,35)/t21-,25?/m0/s1. The van der Waals surface area contributed by atoms with Crippen LogP contribution in [0.25, 0.3) is 0 Å². The van der Waals surface area contributed by atoms with Gasteiger partial charge in [0.05, 0.1) is 6.04 Å². The second-order valence-corrected chi connectivity index (χ2v) is 13.0. The molecular formula is C31H41N7O2. The minimum absolute atomic E-state index is 0.00300. The van der Waals surface area contributed by atoms with Gasteiger partial charge in [-0.25, -0.2) is 9.78 Å². The van der Waals surface area contributed by atoms with Gasteiger partial charge in [0.15, 0.2) is 0 Å². The van der Waals surface area contributed by atoms with Crippen LogP contribution in [0.1, 0.15) is 75.7 Å². The number of nitrogens with zero attached hydrogens (tertiary/aromatic N) is 5. The first-order valence-corrected chi connectivity index (χ1v) is 14.5. The maximum Gasteiger partial charge on any atom is 0.323 e. The molecule has 1 spiro atoms. The van der Waals surface area contributed by atoms with Crippen molar-refractivity contribution >= 4 is 23.7 Å². The van der Waals surface area contributed by atoms with Gasteiger partial charge >= 0.3 is 6.03 Å². The molecule has 1 aromatic carbocycles. The average molecular weight is 544 g/mol. The van der Waals surface area contributed by atoms with E-state index >= 15 is 0 Å². The lowest BCUT2D eigenvalue weighted by Crippen LogP contribution is -2.73. The fourth-order valence-electron chi connectivity index (χ4n) is 6.54. The molecule has 4 aliphatic rings. The van der Waals surface area contributed by atoms with Crippen molar-refractivity contribution in [3.63, 3.8) is 0 Å². The van der Waals surface area contributed by atoms with Gasteiger partial charge in [-0.15, -0.1) is 0 Å². The van der Waals surface area contributed by atoms with Crippen molar-refractivity contribution in [2.45, 2.75) is 71.6 Å². The van der Waals surface area contributed by atoms with Crippen LogP contribution in [0.15, 0.2) is 43.1 Å². The van der Waals surface area contributed by atoms with Gasteiger partial charge in [-0.1, -0.05) is 37.8 Å². The number of urea groups is 1. The van der Waals surface area contributed by atoms with Gasteiger partial charge in [0, 0.05) is 62.0 Å². The van der Waals surface area contributed by atoms with Crippen LogP contribution >= 0.6 is 0 Å². The summed E-state index contributed by atoms with van der Waals surface area (Å²) >= 11 is 0. The molecule has 1 saturated carbocycles. The number of nitrogens with one attached hydrogen (secondary N) is 2. The van der Waals surface area contributed by atoms with Crippen molar-refractivity contribution in [2.24, 2.45) is 10.8 Å². The summed E-state index contributed by atoms with van der Waals surface area (Å²) in [4.78, 5) is 39.8. The highest BCUT2D eigenvalue weighted by Crippen LogP contribution is 2.54. The molecule has 4 heterocycles. The number of hydrogen-bond donors (Lipinski definition) is 2. The van der Waals surface area contributed by atoms with Gasteiger partial charge in [0.25, 0.3) is 0 Å². The first-order valence-electron chi connectivity index (χ1n) is 14.5. The van der Waals surface area contributed by atoms with Crippen molar-refractivity contribution < 1.29 is 9.59 Å². The first kappa shape index (κ1) is 26.7. The summed E-state index contributed by atoms with van der Waals surface area (Å²) in [5, 5.41) is 6.33. The lowest BCUT2D eigenvalue weighted by Gasteiger charge is -2.62. The SMILES string of the molecule is C=CC(=O)N1CC2(C1)CN(C(CC1(C)CC1)c1ccc([C@H](C)Nc3ncc4c(n3)N(C(C)C)C(=O)NC4)cc1)C2. The van der Waals surface area contributed by atoms with Crippen molar-refractivity contribution in [1.29, 1.82) is 0 Å². The van der Waals surface area contributed by atoms with Crippen molar-refractivity contribution in [3.8, 4) is 0 Å². The zero-order valence-corrected chi connectivity index (χ0v) is 24.1. The Morgan fingerprint density at radius 2 is 1.80 bits per heavy atom. The lowest BCUT2D eigenvalue weighted by atomic mass is 9.71. The van der Waals surface area contributed by atoms with Gasteiger partial charge in [-0.3, -0.25) is 14.6 Å². The summed E-state index contributed by atoms with van der Waals surface area (Å²) < 4.78 is 0. The predicted octanol–water partition coefficient (Wildman–Crippen LogP) is 4.65. The fourth-order valence-corrected chi connectivity index (χ4v) is 6.54. The molecule has 0 radical (unpaired) electrons. The summed E-state index contributed by atoms with van der Waals surface area (Å²) in [7, 11) is 0. The van der Waals surface area contributed by atoms with Gasteiger partial charge in [0.1, 0.15) is 5.82 Å². The summed E-state index contributed by atoms with van der Waals surface area (Å²) in [5.74, 6) is 1.24. The maximum atomic E-state index is 12.4. The average Bonchev–Trinajstić information content (AvgIpc) is 3.62. The normalized spacial score (nSPS) is 22.1. The zero-order valence-electron chi connectivity index (χ0n) is 24.1. The molecular weight excluding hydrogens is 502 g/mol. The van der Waals surface area contributed by atoms with Gasteiger partial charge < -0.3 is 15.5 Å². The third kappa shape index (κ3) is 4.96. The van der Waals surface area contributed by atoms with E-state index in [0.29, 0.717) is 29.8 Å². The third-order valence-electron chi connectivity index (χ3n) is 9.25. The number of rotatable bonds is 9. The van der Waals surface area contributed by atoms with Crippen LogP contribution in [0, 0.1) is 10.8 Å². The van der Waals surface area contributed by atoms with Crippen molar-refractivity contribution in [3.05, 3.63) is 59.8 Å². The van der Waals surface area contributed by atoms with Crippen LogP contribution < -0.4 is 15.5 Å². The molecule has 1 aromatic heterocycles. The topological polar surface area (TPSA) is 93.7 Å². The molecule has 1 aliphatic carbocycles. The Kier molecular flexibility index (Phi) is 6.60. The first-order chi connectivity index (χ1) is 19.1. The van der Waals surface area contributed by atoms with Crippen LogP contribution in [-0.4, -0.2) is 63.9 Å². The molecule has 9 nitrogen and oxygen atoms in total. The molecule has 3 fully saturated rings. The highest BCUT2D eigenvalue weighted by molar-refractivity contribution is 5.94. The number of fused-ring (bicyclic) bond motifs is 1. The number of hydrogen-bond acceptors (Lipinski definition) is 6. The minimum Gasteiger partial charge on any atom is -0.348 e. The number of anilines is 2. The Labute approximate surface area is 237 Å². The molecule has 40 heavy (non-hydrogen) atoms. The van der Waals surface area contributed by atoms with Crippen molar-refractivity contribution in [2.75, 3.05) is 36.4 Å². The summed E-state index contributed by atoms with van der Waals surface area (Å²) in [5.41, 5.74) is 4.15. The number of carbonyl (C=O) groups excluding carboxylic acids is 2. The Morgan fingerprint density at radius 1 is 1.12 bits per heavy atom. The summed E-state index contributed by atoms with van der Waals surface area (Å²) in [6, 6.07) is 9.26. The minimum atomic E-state index is -0.126. The molecule has 3 aliphatic heterocycles. The lowest BCUT2D eigenvalue weighted by molar-refractivity contribution is -0.160. The van der Waals surface area contributed by atoms with Gasteiger partial charge in [0.2, 0.25) is 11.9 Å². The highest BCUT2D eigenvalue weighted by Gasteiger charge is 2.55. The Morgan fingerprint density at radius 3 is 2.42 bits per heavy atom. The Hall–Kier alpha value is -3.46. The number of amides is 3. The molecule has 3 amide bonds. The highest BCUT2D eigenvalue weighted by atomic mass is 16.2. The van der Waals surface area contributed by atoms with Gasteiger partial charge in [-0.2, -0.15) is 4.98 Å². The number of likely N-dealkylation sites (tertiary alicyclic amines) is 2. The van der Waals surface area contributed by atoms with Crippen LogP contribution in [0.5, 0.6) is 0 Å². The van der Waals surface area contributed by atoms with E-state index in [4.69, 9.17) is 4.98 Å². The molecule has 9 heteroatoms. The molecule has 6 rings (SSSR count). The molecule has 2 saturated heterocycles. The van der Waals surface area contributed by atoms with Crippen molar-refractivity contribution in [1.82, 2.24) is 25.1 Å². The Balaban J connectivity index is 1.13. The van der Waals surface area contributed by atoms with E-state index in [0.717, 1.165) is 37.3 Å². The molecule has 212 valence electrons. The molecule has 2 atom stereocenters. The van der Waals surface area contributed by atoms with E-state index in [1.165, 1.54) is 30.9 Å². The molecule has 0 bridgehead atoms.